The molecule has 3 amide bonds. The van der Waals surface area contributed by atoms with Crippen LogP contribution in [0.4, 0.5) is 5.13 Å². The quantitative estimate of drug-likeness (QED) is 0.366. The lowest BCUT2D eigenvalue weighted by Gasteiger charge is -2.10. The predicted octanol–water partition coefficient (Wildman–Crippen LogP) is 3.71. The molecule has 4 rings (SSSR count). The monoisotopic (exact) mass is 477 g/mol. The molecule has 0 aliphatic heterocycles. The zero-order chi connectivity index (χ0) is 24.2. The first-order valence-corrected chi connectivity index (χ1v) is 11.3. The van der Waals surface area contributed by atoms with Gasteiger partial charge >= 0.3 is 0 Å². The van der Waals surface area contributed by atoms with Crippen LogP contribution in [0.2, 0.25) is 0 Å². The van der Waals surface area contributed by atoms with Gasteiger partial charge in [0.2, 0.25) is 5.91 Å². The highest BCUT2D eigenvalue weighted by atomic mass is 32.1. The van der Waals surface area contributed by atoms with Crippen LogP contribution in [0.1, 0.15) is 43.6 Å². The van der Waals surface area contributed by atoms with Gasteiger partial charge in [0.05, 0.1) is 29.5 Å². The molecule has 4 aromatic rings. The Hall–Kier alpha value is -4.18. The molecular formula is C24H23N5O4S. The highest BCUT2D eigenvalue weighted by Crippen LogP contribution is 2.21. The number of nitrogens with one attached hydrogen (secondary N) is 3. The molecule has 174 valence electrons. The Kier molecular flexibility index (Phi) is 6.60. The van der Waals surface area contributed by atoms with Gasteiger partial charge in [-0.05, 0) is 45.0 Å². The molecule has 0 fully saturated rings. The van der Waals surface area contributed by atoms with E-state index in [9.17, 15) is 14.4 Å². The van der Waals surface area contributed by atoms with E-state index in [4.69, 9.17) is 4.42 Å². The van der Waals surface area contributed by atoms with Gasteiger partial charge in [-0.3, -0.25) is 30.6 Å². The summed E-state index contributed by atoms with van der Waals surface area (Å²) < 4.78 is 7.11. The van der Waals surface area contributed by atoms with Crippen molar-refractivity contribution < 1.29 is 18.8 Å². The Labute approximate surface area is 199 Å². The Bertz CT molecular complexity index is 1350. The van der Waals surface area contributed by atoms with Crippen LogP contribution >= 0.6 is 11.3 Å². The van der Waals surface area contributed by atoms with E-state index in [2.05, 4.69) is 21.2 Å². The lowest BCUT2D eigenvalue weighted by molar-refractivity contribution is -0.121. The first kappa shape index (κ1) is 23.0. The highest BCUT2D eigenvalue weighted by molar-refractivity contribution is 7.14. The van der Waals surface area contributed by atoms with Gasteiger partial charge in [-0.2, -0.15) is 0 Å². The summed E-state index contributed by atoms with van der Waals surface area (Å²) in [5.41, 5.74) is 8.87. The molecule has 0 bridgehead atoms. The second kappa shape index (κ2) is 9.75. The van der Waals surface area contributed by atoms with Crippen LogP contribution in [-0.2, 0) is 11.2 Å². The van der Waals surface area contributed by atoms with Crippen molar-refractivity contribution in [1.29, 1.82) is 0 Å². The summed E-state index contributed by atoms with van der Waals surface area (Å²) >= 11 is 1.20. The number of hydrogen-bond donors (Lipinski definition) is 3. The van der Waals surface area contributed by atoms with Crippen LogP contribution in [0.3, 0.4) is 0 Å². The summed E-state index contributed by atoms with van der Waals surface area (Å²) in [7, 11) is 0. The first-order chi connectivity index (χ1) is 16.3. The molecule has 0 aliphatic carbocycles. The number of aromatic nitrogens is 2. The third-order valence-corrected chi connectivity index (χ3v) is 6.03. The van der Waals surface area contributed by atoms with Crippen LogP contribution in [0, 0.1) is 20.8 Å². The van der Waals surface area contributed by atoms with Crippen LogP contribution in [0.25, 0.3) is 5.69 Å². The minimum atomic E-state index is -0.431. The fraction of sp³-hybridized carbons (Fsp3) is 0.167. The number of anilines is 1. The molecule has 0 spiro atoms. The summed E-state index contributed by atoms with van der Waals surface area (Å²) in [6.45, 7) is 5.47. The summed E-state index contributed by atoms with van der Waals surface area (Å²) in [6, 6.07) is 13.1. The number of furan rings is 1. The third kappa shape index (κ3) is 4.91. The molecule has 0 atom stereocenters. The minimum Gasteiger partial charge on any atom is -0.469 e. The molecular weight excluding hydrogens is 454 g/mol. The fourth-order valence-corrected chi connectivity index (χ4v) is 4.31. The number of nitrogens with zero attached hydrogens (tertiary/aromatic N) is 2. The van der Waals surface area contributed by atoms with Gasteiger partial charge in [0, 0.05) is 22.5 Å². The first-order valence-electron chi connectivity index (χ1n) is 10.5. The van der Waals surface area contributed by atoms with Crippen molar-refractivity contribution in [2.24, 2.45) is 0 Å². The van der Waals surface area contributed by atoms with E-state index in [0.717, 1.165) is 17.1 Å². The van der Waals surface area contributed by atoms with Gasteiger partial charge < -0.3 is 8.98 Å². The van der Waals surface area contributed by atoms with Crippen LogP contribution in [-0.4, -0.2) is 27.3 Å². The van der Waals surface area contributed by atoms with E-state index in [1.807, 2.05) is 48.7 Å². The number of amides is 3. The molecule has 0 unspecified atom stereocenters. The number of thiazole rings is 1. The van der Waals surface area contributed by atoms with Crippen molar-refractivity contribution in [3.63, 3.8) is 0 Å². The fourth-order valence-electron chi connectivity index (χ4n) is 3.60. The van der Waals surface area contributed by atoms with E-state index in [-0.39, 0.29) is 12.3 Å². The minimum absolute atomic E-state index is 0.0551. The van der Waals surface area contributed by atoms with Crippen molar-refractivity contribution in [2.75, 3.05) is 5.32 Å². The van der Waals surface area contributed by atoms with E-state index < -0.39 is 11.8 Å². The second-order valence-corrected chi connectivity index (χ2v) is 8.48. The van der Waals surface area contributed by atoms with Crippen molar-refractivity contribution >= 4 is 34.2 Å². The molecule has 10 heteroatoms. The molecule has 0 saturated carbocycles. The summed E-state index contributed by atoms with van der Waals surface area (Å²) in [5.74, 6) is -0.671. The number of para-hydroxylation sites is 1. The average Bonchev–Trinajstić information content (AvgIpc) is 3.51. The number of rotatable bonds is 6. The summed E-state index contributed by atoms with van der Waals surface area (Å²) in [6.07, 6.45) is 1.38. The van der Waals surface area contributed by atoms with Crippen molar-refractivity contribution in [1.82, 2.24) is 20.4 Å². The number of aryl methyl sites for hydroxylation is 2. The van der Waals surface area contributed by atoms with E-state index in [1.54, 1.807) is 24.4 Å². The Morgan fingerprint density at radius 3 is 2.47 bits per heavy atom. The van der Waals surface area contributed by atoms with Crippen molar-refractivity contribution in [3.05, 3.63) is 88.1 Å². The number of benzene rings is 1. The Morgan fingerprint density at radius 2 is 1.76 bits per heavy atom. The zero-order valence-corrected chi connectivity index (χ0v) is 19.7. The number of carbonyl (C=O) groups is 3. The molecule has 9 nitrogen and oxygen atoms in total. The van der Waals surface area contributed by atoms with E-state index >= 15 is 0 Å². The van der Waals surface area contributed by atoms with E-state index in [1.165, 1.54) is 17.6 Å². The molecule has 0 aliphatic rings. The maximum Gasteiger partial charge on any atom is 0.271 e. The summed E-state index contributed by atoms with van der Waals surface area (Å²) in [5, 5.41) is 4.72. The topological polar surface area (TPSA) is 118 Å². The Balaban J connectivity index is 1.33. The molecule has 1 aromatic carbocycles. The molecule has 3 heterocycles. The zero-order valence-electron chi connectivity index (χ0n) is 18.8. The van der Waals surface area contributed by atoms with Gasteiger partial charge in [0.1, 0.15) is 5.76 Å². The largest absolute Gasteiger partial charge is 0.469 e. The number of carbonyl (C=O) groups excluding carboxylic acids is 3. The standard InChI is InChI=1S/C24H23N5O4S/c1-14-11-20(15(2)29(14)18-7-5-4-6-8-18)23(32)28-27-21(30)12-17-13-34-24(25-17)26-22(31)19-9-10-33-16(19)3/h4-11,13H,12H2,1-3H3,(H,27,30)(H,28,32)(H,25,26,31). The smallest absolute Gasteiger partial charge is 0.271 e. The van der Waals surface area contributed by atoms with Crippen LogP contribution < -0.4 is 16.2 Å². The Morgan fingerprint density at radius 1 is 1.00 bits per heavy atom. The maximum absolute atomic E-state index is 12.7. The second-order valence-electron chi connectivity index (χ2n) is 7.62. The lowest BCUT2D eigenvalue weighted by atomic mass is 10.2. The predicted molar refractivity (Wildman–Crippen MR) is 128 cm³/mol. The van der Waals surface area contributed by atoms with Crippen molar-refractivity contribution in [3.8, 4) is 5.69 Å². The highest BCUT2D eigenvalue weighted by Gasteiger charge is 2.18. The van der Waals surface area contributed by atoms with Gasteiger partial charge in [-0.15, -0.1) is 11.3 Å². The molecule has 0 radical (unpaired) electrons. The average molecular weight is 478 g/mol. The third-order valence-electron chi connectivity index (χ3n) is 5.22. The van der Waals surface area contributed by atoms with Crippen LogP contribution in [0.15, 0.2) is 58.5 Å². The molecule has 3 aromatic heterocycles. The SMILES string of the molecule is Cc1occc1C(=O)Nc1nc(CC(=O)NNC(=O)c2cc(C)n(-c3ccccc3)c2C)cs1. The molecule has 0 saturated heterocycles. The lowest BCUT2D eigenvalue weighted by Crippen LogP contribution is -2.42. The summed E-state index contributed by atoms with van der Waals surface area (Å²) in [4.78, 5) is 41.5. The molecule has 34 heavy (non-hydrogen) atoms. The van der Waals surface area contributed by atoms with Gasteiger partial charge in [-0.25, -0.2) is 4.98 Å². The van der Waals surface area contributed by atoms with E-state index in [0.29, 0.717) is 27.7 Å². The maximum atomic E-state index is 12.7. The van der Waals surface area contributed by atoms with Crippen molar-refractivity contribution in [2.45, 2.75) is 27.2 Å². The van der Waals surface area contributed by atoms with Gasteiger partial charge in [0.25, 0.3) is 11.8 Å². The number of hydrazine groups is 1. The van der Waals surface area contributed by atoms with Gasteiger partial charge in [-0.1, -0.05) is 18.2 Å². The van der Waals surface area contributed by atoms with Crippen LogP contribution in [0.5, 0.6) is 0 Å². The molecule has 3 N–H and O–H groups in total. The van der Waals surface area contributed by atoms with Gasteiger partial charge in [0.15, 0.2) is 5.13 Å². The normalized spacial score (nSPS) is 10.7. The number of hydrogen-bond acceptors (Lipinski definition) is 6.